The molecule has 1 aliphatic heterocycles. The van der Waals surface area contributed by atoms with Crippen molar-refractivity contribution in [3.8, 4) is 12.3 Å². The van der Waals surface area contributed by atoms with E-state index < -0.39 is 11.6 Å². The van der Waals surface area contributed by atoms with Gasteiger partial charge < -0.3 is 5.11 Å². The molecule has 0 aliphatic carbocycles. The number of hydrogen-bond donors (Lipinski definition) is 1. The zero-order chi connectivity index (χ0) is 20.3. The van der Waals surface area contributed by atoms with E-state index in [9.17, 15) is 9.90 Å². The van der Waals surface area contributed by atoms with Gasteiger partial charge in [0.25, 0.3) is 5.91 Å². The lowest BCUT2D eigenvalue weighted by atomic mass is 10.00. The molecule has 1 heterocycles. The summed E-state index contributed by atoms with van der Waals surface area (Å²) in [6, 6.07) is 25.5. The minimum absolute atomic E-state index is 0.146. The van der Waals surface area contributed by atoms with Crippen LogP contribution in [0, 0.1) is 12.3 Å². The molecule has 4 rings (SSSR count). The highest BCUT2D eigenvalue weighted by atomic mass is 16.7. The number of terminal acetylenes is 1. The second-order valence-corrected chi connectivity index (χ2v) is 6.73. The number of aliphatic hydroxyl groups is 1. The van der Waals surface area contributed by atoms with Gasteiger partial charge in [-0.15, -0.1) is 6.42 Å². The molecule has 0 fully saturated rings. The molecule has 1 unspecified atom stereocenters. The molecule has 4 heteroatoms. The molecule has 1 N–H and O–H groups in total. The SMILES string of the molecule is C#Cc1cccc(C2=CC(O)(c3ccccc3)N(OCc3ccccc3)C2=O)c1. The first-order valence-electron chi connectivity index (χ1n) is 9.21. The molecule has 1 amide bonds. The summed E-state index contributed by atoms with van der Waals surface area (Å²) >= 11 is 0. The summed E-state index contributed by atoms with van der Waals surface area (Å²) in [5.41, 5.74) is 1.31. The second kappa shape index (κ2) is 7.76. The van der Waals surface area contributed by atoms with Gasteiger partial charge in [-0.3, -0.25) is 9.63 Å². The number of benzene rings is 3. The molecule has 0 saturated heterocycles. The number of amides is 1. The van der Waals surface area contributed by atoms with Crippen LogP contribution in [-0.4, -0.2) is 16.1 Å². The summed E-state index contributed by atoms with van der Waals surface area (Å²) in [6.07, 6.45) is 7.02. The molecule has 4 nitrogen and oxygen atoms in total. The average molecular weight is 381 g/mol. The Bertz CT molecular complexity index is 1100. The number of carbonyl (C=O) groups excluding carboxylic acids is 1. The number of hydroxylamine groups is 2. The van der Waals surface area contributed by atoms with E-state index in [1.165, 1.54) is 6.08 Å². The zero-order valence-electron chi connectivity index (χ0n) is 15.7. The van der Waals surface area contributed by atoms with Crippen molar-refractivity contribution in [2.75, 3.05) is 0 Å². The van der Waals surface area contributed by atoms with Crippen molar-refractivity contribution >= 4 is 11.5 Å². The van der Waals surface area contributed by atoms with Crippen molar-refractivity contribution < 1.29 is 14.7 Å². The largest absolute Gasteiger partial charge is 0.362 e. The van der Waals surface area contributed by atoms with Crippen LogP contribution in [0.5, 0.6) is 0 Å². The molecular weight excluding hydrogens is 362 g/mol. The number of carbonyl (C=O) groups is 1. The molecule has 1 atom stereocenters. The Morgan fingerprint density at radius 3 is 2.34 bits per heavy atom. The van der Waals surface area contributed by atoms with E-state index in [0.29, 0.717) is 22.3 Å². The van der Waals surface area contributed by atoms with Gasteiger partial charge in [0.1, 0.15) is 6.61 Å². The summed E-state index contributed by atoms with van der Waals surface area (Å²) < 4.78 is 0. The second-order valence-electron chi connectivity index (χ2n) is 6.73. The summed E-state index contributed by atoms with van der Waals surface area (Å²) in [7, 11) is 0. The quantitative estimate of drug-likeness (QED) is 0.683. The lowest BCUT2D eigenvalue weighted by Gasteiger charge is -2.32. The Morgan fingerprint density at radius 2 is 1.66 bits per heavy atom. The molecule has 0 bridgehead atoms. The van der Waals surface area contributed by atoms with Crippen LogP contribution in [0.4, 0.5) is 0 Å². The lowest BCUT2D eigenvalue weighted by Crippen LogP contribution is -2.43. The van der Waals surface area contributed by atoms with Crippen LogP contribution in [0.25, 0.3) is 5.57 Å². The first-order chi connectivity index (χ1) is 14.1. The van der Waals surface area contributed by atoms with E-state index in [2.05, 4.69) is 5.92 Å². The fourth-order valence-corrected chi connectivity index (χ4v) is 3.32. The molecule has 0 saturated carbocycles. The van der Waals surface area contributed by atoms with Crippen molar-refractivity contribution in [2.24, 2.45) is 0 Å². The summed E-state index contributed by atoms with van der Waals surface area (Å²) in [4.78, 5) is 19.1. The molecule has 0 aromatic heterocycles. The van der Waals surface area contributed by atoms with Crippen molar-refractivity contribution in [3.05, 3.63) is 113 Å². The van der Waals surface area contributed by atoms with Crippen molar-refractivity contribution in [1.29, 1.82) is 0 Å². The molecule has 3 aromatic rings. The number of hydrogen-bond acceptors (Lipinski definition) is 3. The molecule has 3 aromatic carbocycles. The third kappa shape index (κ3) is 3.57. The summed E-state index contributed by atoms with van der Waals surface area (Å²) in [5, 5.41) is 12.5. The summed E-state index contributed by atoms with van der Waals surface area (Å²) in [5.74, 6) is 2.14. The highest BCUT2D eigenvalue weighted by Gasteiger charge is 2.47. The highest BCUT2D eigenvalue weighted by molar-refractivity contribution is 6.21. The topological polar surface area (TPSA) is 49.8 Å². The van der Waals surface area contributed by atoms with Crippen LogP contribution in [0.1, 0.15) is 22.3 Å². The number of nitrogens with zero attached hydrogens (tertiary/aromatic N) is 1. The van der Waals surface area contributed by atoms with Gasteiger partial charge in [-0.2, -0.15) is 5.06 Å². The van der Waals surface area contributed by atoms with Gasteiger partial charge >= 0.3 is 0 Å². The van der Waals surface area contributed by atoms with Crippen LogP contribution < -0.4 is 0 Å². The van der Waals surface area contributed by atoms with Gasteiger partial charge in [0, 0.05) is 11.1 Å². The van der Waals surface area contributed by atoms with Crippen molar-refractivity contribution in [1.82, 2.24) is 5.06 Å². The fourth-order valence-electron chi connectivity index (χ4n) is 3.32. The monoisotopic (exact) mass is 381 g/mol. The molecule has 29 heavy (non-hydrogen) atoms. The predicted molar refractivity (Wildman–Crippen MR) is 111 cm³/mol. The van der Waals surface area contributed by atoms with Crippen molar-refractivity contribution in [3.63, 3.8) is 0 Å². The minimum Gasteiger partial charge on any atom is -0.362 e. The highest BCUT2D eigenvalue weighted by Crippen LogP contribution is 2.39. The van der Waals surface area contributed by atoms with Gasteiger partial charge in [0.2, 0.25) is 5.72 Å². The molecular formula is C25H19NO3. The minimum atomic E-state index is -1.73. The van der Waals surface area contributed by atoms with Gasteiger partial charge in [-0.1, -0.05) is 78.7 Å². The summed E-state index contributed by atoms with van der Waals surface area (Å²) in [6.45, 7) is 0.146. The van der Waals surface area contributed by atoms with Gasteiger partial charge in [0.15, 0.2) is 0 Å². The van der Waals surface area contributed by atoms with E-state index in [4.69, 9.17) is 11.3 Å². The zero-order valence-corrected chi connectivity index (χ0v) is 15.7. The molecule has 1 aliphatic rings. The first-order valence-corrected chi connectivity index (χ1v) is 9.21. The van der Waals surface area contributed by atoms with Crippen LogP contribution >= 0.6 is 0 Å². The first kappa shape index (κ1) is 18.7. The van der Waals surface area contributed by atoms with Crippen LogP contribution in [0.3, 0.4) is 0 Å². The van der Waals surface area contributed by atoms with Gasteiger partial charge in [-0.25, -0.2) is 0 Å². The Labute approximate surface area is 169 Å². The van der Waals surface area contributed by atoms with Gasteiger partial charge in [0.05, 0.1) is 5.57 Å². The van der Waals surface area contributed by atoms with E-state index >= 15 is 0 Å². The lowest BCUT2D eigenvalue weighted by molar-refractivity contribution is -0.262. The molecule has 0 radical (unpaired) electrons. The molecule has 142 valence electrons. The van der Waals surface area contributed by atoms with E-state index in [1.807, 2.05) is 36.4 Å². The Balaban J connectivity index is 1.73. The Morgan fingerprint density at radius 1 is 0.966 bits per heavy atom. The maximum Gasteiger partial charge on any atom is 0.281 e. The predicted octanol–water partition coefficient (Wildman–Crippen LogP) is 3.87. The van der Waals surface area contributed by atoms with Crippen LogP contribution in [0.2, 0.25) is 0 Å². The van der Waals surface area contributed by atoms with E-state index in [-0.39, 0.29) is 6.61 Å². The van der Waals surface area contributed by atoms with E-state index in [1.54, 1.807) is 48.5 Å². The Hall–Kier alpha value is -3.65. The maximum absolute atomic E-state index is 13.2. The Kier molecular flexibility index (Phi) is 5.01. The van der Waals surface area contributed by atoms with Crippen LogP contribution in [0.15, 0.2) is 91.0 Å². The maximum atomic E-state index is 13.2. The molecule has 0 spiro atoms. The van der Waals surface area contributed by atoms with Gasteiger partial charge in [-0.05, 0) is 29.3 Å². The fraction of sp³-hybridized carbons (Fsp3) is 0.0800. The average Bonchev–Trinajstić information content (AvgIpc) is 3.04. The third-order valence-corrected chi connectivity index (χ3v) is 4.81. The smallest absolute Gasteiger partial charge is 0.281 e. The van der Waals surface area contributed by atoms with Crippen molar-refractivity contribution in [2.45, 2.75) is 12.3 Å². The normalized spacial score (nSPS) is 18.4. The van der Waals surface area contributed by atoms with E-state index in [0.717, 1.165) is 10.6 Å². The standard InChI is InChI=1S/C25H19NO3/c1-2-19-12-9-13-21(16-19)23-17-25(28,22-14-7-4-8-15-22)26(24(23)27)29-18-20-10-5-3-6-11-20/h1,3-17,28H,18H2. The number of rotatable bonds is 5. The third-order valence-electron chi connectivity index (χ3n) is 4.81. The van der Waals surface area contributed by atoms with Crippen LogP contribution in [-0.2, 0) is 22.0 Å².